The average molecular weight is 373 g/mol. The van der Waals surface area contributed by atoms with Gasteiger partial charge in [-0.25, -0.2) is 0 Å². The fraction of sp³-hybridized carbons (Fsp3) is 0.389. The molecule has 3 heterocycles. The quantitative estimate of drug-likeness (QED) is 0.778. The molecule has 2 aromatic rings. The molecule has 8 heteroatoms. The van der Waals surface area contributed by atoms with Gasteiger partial charge in [0.05, 0.1) is 17.6 Å². The van der Waals surface area contributed by atoms with Crippen LogP contribution in [0.15, 0.2) is 35.4 Å². The lowest BCUT2D eigenvalue weighted by atomic mass is 10.1. The molecule has 1 atom stereocenters. The summed E-state index contributed by atoms with van der Waals surface area (Å²) in [6.45, 7) is 1.61. The lowest BCUT2D eigenvalue weighted by Crippen LogP contribution is -2.32. The van der Waals surface area contributed by atoms with Crippen molar-refractivity contribution in [2.45, 2.75) is 24.0 Å². The van der Waals surface area contributed by atoms with Crippen LogP contribution < -0.4 is 14.8 Å². The van der Waals surface area contributed by atoms with Crippen LogP contribution in [0.4, 0.5) is 0 Å². The largest absolute Gasteiger partial charge is 0.454 e. The zero-order chi connectivity index (χ0) is 17.8. The van der Waals surface area contributed by atoms with Crippen LogP contribution in [0.5, 0.6) is 11.5 Å². The molecule has 1 amide bonds. The van der Waals surface area contributed by atoms with Crippen molar-refractivity contribution >= 4 is 17.7 Å². The summed E-state index contributed by atoms with van der Waals surface area (Å²) >= 11 is 1.36. The van der Waals surface area contributed by atoms with Gasteiger partial charge < -0.3 is 19.5 Å². The van der Waals surface area contributed by atoms with Gasteiger partial charge in [0.1, 0.15) is 5.03 Å². The van der Waals surface area contributed by atoms with E-state index in [1.807, 2.05) is 30.3 Å². The molecule has 0 spiro atoms. The Labute approximate surface area is 155 Å². The summed E-state index contributed by atoms with van der Waals surface area (Å²) in [6.07, 6.45) is 2.24. The molecule has 2 aliphatic rings. The van der Waals surface area contributed by atoms with Gasteiger partial charge in [-0.1, -0.05) is 11.8 Å². The van der Waals surface area contributed by atoms with E-state index in [4.69, 9.17) is 14.2 Å². The van der Waals surface area contributed by atoms with Crippen LogP contribution in [0.2, 0.25) is 0 Å². The van der Waals surface area contributed by atoms with Gasteiger partial charge in [-0.05, 0) is 43.2 Å². The number of rotatable bonds is 6. The molecule has 0 bridgehead atoms. The Morgan fingerprint density at radius 1 is 1.19 bits per heavy atom. The van der Waals surface area contributed by atoms with Crippen molar-refractivity contribution in [3.05, 3.63) is 30.3 Å². The van der Waals surface area contributed by atoms with Gasteiger partial charge in [-0.2, -0.15) is 0 Å². The minimum absolute atomic E-state index is 0.0212. The summed E-state index contributed by atoms with van der Waals surface area (Å²) in [5.74, 6) is 1.74. The van der Waals surface area contributed by atoms with Crippen LogP contribution in [-0.4, -0.2) is 47.9 Å². The molecule has 1 fully saturated rings. The number of ether oxygens (including phenoxy) is 3. The summed E-state index contributed by atoms with van der Waals surface area (Å²) in [6, 6.07) is 9.42. The number of benzene rings is 1. The molecule has 1 aromatic carbocycles. The van der Waals surface area contributed by atoms with Crippen LogP contribution in [0.25, 0.3) is 11.3 Å². The maximum Gasteiger partial charge on any atom is 0.231 e. The second-order valence-electron chi connectivity index (χ2n) is 6.05. The highest BCUT2D eigenvalue weighted by Gasteiger charge is 2.17. The van der Waals surface area contributed by atoms with E-state index in [9.17, 15) is 4.79 Å². The number of nitrogens with zero attached hydrogens (tertiary/aromatic N) is 2. The van der Waals surface area contributed by atoms with Crippen LogP contribution in [0, 0.1) is 0 Å². The summed E-state index contributed by atoms with van der Waals surface area (Å²) < 4.78 is 16.2. The Kier molecular flexibility index (Phi) is 5.21. The van der Waals surface area contributed by atoms with E-state index in [0.29, 0.717) is 23.1 Å². The highest BCUT2D eigenvalue weighted by atomic mass is 32.2. The predicted molar refractivity (Wildman–Crippen MR) is 96.3 cm³/mol. The molecule has 4 rings (SSSR count). The number of thioether (sulfide) groups is 1. The molecule has 136 valence electrons. The molecular weight excluding hydrogens is 354 g/mol. The molecule has 1 aromatic heterocycles. The number of carbonyl (C=O) groups excluding carboxylic acids is 1. The predicted octanol–water partition coefficient (Wildman–Crippen LogP) is 2.26. The summed E-state index contributed by atoms with van der Waals surface area (Å²) in [5, 5.41) is 12.0. The third kappa shape index (κ3) is 4.08. The van der Waals surface area contributed by atoms with Crippen molar-refractivity contribution in [3.63, 3.8) is 0 Å². The highest BCUT2D eigenvalue weighted by Crippen LogP contribution is 2.35. The highest BCUT2D eigenvalue weighted by molar-refractivity contribution is 7.99. The molecule has 0 radical (unpaired) electrons. The first-order valence-corrected chi connectivity index (χ1v) is 9.51. The Bertz CT molecular complexity index is 779. The Morgan fingerprint density at radius 2 is 2.12 bits per heavy atom. The first kappa shape index (κ1) is 17.1. The van der Waals surface area contributed by atoms with E-state index in [-0.39, 0.29) is 18.8 Å². The number of amides is 1. The van der Waals surface area contributed by atoms with Gasteiger partial charge in [-0.3, -0.25) is 4.79 Å². The van der Waals surface area contributed by atoms with E-state index < -0.39 is 0 Å². The van der Waals surface area contributed by atoms with Crippen LogP contribution >= 0.6 is 11.8 Å². The van der Waals surface area contributed by atoms with Gasteiger partial charge in [0, 0.05) is 18.7 Å². The molecule has 2 aliphatic heterocycles. The van der Waals surface area contributed by atoms with Crippen molar-refractivity contribution in [2.24, 2.45) is 0 Å². The first-order chi connectivity index (χ1) is 12.8. The van der Waals surface area contributed by atoms with Crippen molar-refractivity contribution in [1.82, 2.24) is 15.5 Å². The molecule has 1 N–H and O–H groups in total. The maximum atomic E-state index is 11.9. The summed E-state index contributed by atoms with van der Waals surface area (Å²) in [5.41, 5.74) is 1.66. The smallest absolute Gasteiger partial charge is 0.231 e. The van der Waals surface area contributed by atoms with Gasteiger partial charge >= 0.3 is 0 Å². The Hall–Kier alpha value is -2.32. The fourth-order valence-electron chi connectivity index (χ4n) is 2.83. The van der Waals surface area contributed by atoms with E-state index in [0.717, 1.165) is 36.5 Å². The Morgan fingerprint density at radius 3 is 2.92 bits per heavy atom. The van der Waals surface area contributed by atoms with Crippen molar-refractivity contribution in [1.29, 1.82) is 0 Å². The molecule has 1 unspecified atom stereocenters. The van der Waals surface area contributed by atoms with Crippen molar-refractivity contribution in [2.75, 3.05) is 25.7 Å². The van der Waals surface area contributed by atoms with E-state index >= 15 is 0 Å². The molecule has 26 heavy (non-hydrogen) atoms. The maximum absolute atomic E-state index is 11.9. The topological polar surface area (TPSA) is 82.6 Å². The fourth-order valence-corrected chi connectivity index (χ4v) is 3.47. The van der Waals surface area contributed by atoms with Crippen molar-refractivity contribution < 1.29 is 19.0 Å². The molecular formula is C18H19N3O4S. The normalized spacial score (nSPS) is 18.1. The number of fused-ring (bicyclic) bond motifs is 1. The lowest BCUT2D eigenvalue weighted by molar-refractivity contribution is -0.119. The minimum Gasteiger partial charge on any atom is -0.454 e. The van der Waals surface area contributed by atoms with Crippen LogP contribution in [0.1, 0.15) is 12.8 Å². The average Bonchev–Trinajstić information content (AvgIpc) is 3.36. The van der Waals surface area contributed by atoms with Gasteiger partial charge in [0.15, 0.2) is 11.5 Å². The van der Waals surface area contributed by atoms with E-state index in [1.165, 1.54) is 11.8 Å². The molecule has 0 aliphatic carbocycles. The standard InChI is InChI=1S/C18H19N3O4S/c22-17(19-9-13-2-1-7-23-13)10-26-18-6-4-14(20-21-18)12-3-5-15-16(8-12)25-11-24-15/h3-6,8,13H,1-2,7,9-11H2,(H,19,22). The molecule has 7 nitrogen and oxygen atoms in total. The molecule has 0 saturated carbocycles. The van der Waals surface area contributed by atoms with E-state index in [1.54, 1.807) is 0 Å². The Balaban J connectivity index is 1.29. The van der Waals surface area contributed by atoms with Gasteiger partial charge in [0.2, 0.25) is 12.7 Å². The number of aromatic nitrogens is 2. The number of hydrogen-bond acceptors (Lipinski definition) is 7. The number of carbonyl (C=O) groups is 1. The minimum atomic E-state index is -0.0212. The third-order valence-corrected chi connectivity index (χ3v) is 5.13. The van der Waals surface area contributed by atoms with Crippen molar-refractivity contribution in [3.8, 4) is 22.8 Å². The van der Waals surface area contributed by atoms with Gasteiger partial charge in [-0.15, -0.1) is 10.2 Å². The monoisotopic (exact) mass is 373 g/mol. The van der Waals surface area contributed by atoms with Gasteiger partial charge in [0.25, 0.3) is 0 Å². The number of nitrogens with one attached hydrogen (secondary N) is 1. The zero-order valence-electron chi connectivity index (χ0n) is 14.1. The van der Waals surface area contributed by atoms with Crippen LogP contribution in [0.3, 0.4) is 0 Å². The zero-order valence-corrected chi connectivity index (χ0v) is 15.0. The second kappa shape index (κ2) is 7.92. The molecule has 1 saturated heterocycles. The third-order valence-electron chi connectivity index (χ3n) is 4.21. The van der Waals surface area contributed by atoms with E-state index in [2.05, 4.69) is 15.5 Å². The first-order valence-electron chi connectivity index (χ1n) is 8.53. The summed E-state index contributed by atoms with van der Waals surface area (Å²) in [4.78, 5) is 11.9. The second-order valence-corrected chi connectivity index (χ2v) is 7.05. The lowest BCUT2D eigenvalue weighted by Gasteiger charge is -2.10. The SMILES string of the molecule is O=C(CSc1ccc(-c2ccc3c(c2)OCO3)nn1)NCC1CCCO1. The summed E-state index contributed by atoms with van der Waals surface area (Å²) in [7, 11) is 0. The van der Waals surface area contributed by atoms with Crippen LogP contribution in [-0.2, 0) is 9.53 Å². The number of hydrogen-bond donors (Lipinski definition) is 1.